The molecule has 1 heterocycles. The predicted molar refractivity (Wildman–Crippen MR) is 133 cm³/mol. The summed E-state index contributed by atoms with van der Waals surface area (Å²) in [6, 6.07) is 16.7. The van der Waals surface area contributed by atoms with E-state index < -0.39 is 28.4 Å². The number of non-ortho nitro benzene ring substituents is 1. The Morgan fingerprint density at radius 2 is 1.72 bits per heavy atom. The largest absolute Gasteiger partial charge is 0.508 e. The van der Waals surface area contributed by atoms with E-state index in [0.29, 0.717) is 29.5 Å². The van der Waals surface area contributed by atoms with Gasteiger partial charge in [0, 0.05) is 23.4 Å². The van der Waals surface area contributed by atoms with Crippen molar-refractivity contribution < 1.29 is 29.5 Å². The molecule has 0 radical (unpaired) electrons. The Balaban J connectivity index is 1.82. The first-order valence-electron chi connectivity index (χ1n) is 11.2. The van der Waals surface area contributed by atoms with E-state index in [-0.39, 0.29) is 22.6 Å². The summed E-state index contributed by atoms with van der Waals surface area (Å²) in [7, 11) is 0. The highest BCUT2D eigenvalue weighted by Gasteiger charge is 2.47. The Bertz CT molecular complexity index is 1350. The zero-order valence-corrected chi connectivity index (χ0v) is 19.6. The topological polar surface area (TPSA) is 130 Å². The number of ketones is 1. The van der Waals surface area contributed by atoms with Crippen molar-refractivity contribution in [2.45, 2.75) is 19.9 Å². The van der Waals surface area contributed by atoms with Crippen LogP contribution in [0, 0.1) is 16.0 Å². The van der Waals surface area contributed by atoms with Crippen LogP contribution in [0.4, 0.5) is 11.4 Å². The fraction of sp³-hybridized carbons (Fsp3) is 0.185. The molecule has 36 heavy (non-hydrogen) atoms. The maximum absolute atomic E-state index is 13.2. The van der Waals surface area contributed by atoms with Gasteiger partial charge in [0.1, 0.15) is 17.3 Å². The molecule has 0 aromatic heterocycles. The predicted octanol–water partition coefficient (Wildman–Crippen LogP) is 4.96. The molecule has 1 unspecified atom stereocenters. The number of nitrogens with zero attached hydrogens (tertiary/aromatic N) is 2. The Kier molecular flexibility index (Phi) is 6.73. The molecule has 184 valence electrons. The molecule has 0 aliphatic carbocycles. The van der Waals surface area contributed by atoms with Crippen molar-refractivity contribution in [1.29, 1.82) is 0 Å². The second-order valence-electron chi connectivity index (χ2n) is 8.77. The van der Waals surface area contributed by atoms with Crippen molar-refractivity contribution in [3.8, 4) is 11.5 Å². The number of phenolic OH excluding ortho intramolecular Hbond substituents is 1. The van der Waals surface area contributed by atoms with Crippen LogP contribution in [0.25, 0.3) is 5.76 Å². The summed E-state index contributed by atoms with van der Waals surface area (Å²) in [4.78, 5) is 38.1. The number of benzene rings is 3. The van der Waals surface area contributed by atoms with Gasteiger partial charge in [0.25, 0.3) is 17.4 Å². The van der Waals surface area contributed by atoms with Gasteiger partial charge in [0.05, 0.1) is 23.1 Å². The number of aromatic hydroxyl groups is 1. The van der Waals surface area contributed by atoms with E-state index in [9.17, 15) is 29.9 Å². The van der Waals surface area contributed by atoms with Crippen LogP contribution in [0.3, 0.4) is 0 Å². The zero-order chi connectivity index (χ0) is 26.0. The van der Waals surface area contributed by atoms with Gasteiger partial charge >= 0.3 is 0 Å². The molecule has 9 heteroatoms. The number of carbonyl (C=O) groups is 2. The van der Waals surface area contributed by atoms with Crippen molar-refractivity contribution in [1.82, 2.24) is 0 Å². The average molecular weight is 488 g/mol. The molecular weight excluding hydrogens is 464 g/mol. The lowest BCUT2D eigenvalue weighted by atomic mass is 9.95. The molecule has 1 aliphatic rings. The molecule has 0 spiro atoms. The first-order valence-corrected chi connectivity index (χ1v) is 11.2. The molecule has 1 atom stereocenters. The number of rotatable bonds is 7. The maximum atomic E-state index is 13.2. The normalized spacial score (nSPS) is 17.0. The second-order valence-corrected chi connectivity index (χ2v) is 8.77. The summed E-state index contributed by atoms with van der Waals surface area (Å²) in [5.41, 5.74) is 0.556. The second kappa shape index (κ2) is 9.91. The Hall–Kier alpha value is -4.66. The molecule has 3 aromatic carbocycles. The van der Waals surface area contributed by atoms with E-state index in [4.69, 9.17) is 4.74 Å². The van der Waals surface area contributed by atoms with Gasteiger partial charge in [-0.25, -0.2) is 0 Å². The van der Waals surface area contributed by atoms with Crippen LogP contribution in [0.2, 0.25) is 0 Å². The molecule has 4 rings (SSSR count). The molecule has 1 aliphatic heterocycles. The highest BCUT2D eigenvalue weighted by molar-refractivity contribution is 6.51. The molecule has 1 fully saturated rings. The third-order valence-electron chi connectivity index (χ3n) is 5.68. The SMILES string of the molecule is CC(C)COc1ccc(N2C(=O)C(=O)/C(=C(\O)c3ccc([N+](=O)[O-])cc3)C2c2cccc(O)c2)cc1. The Morgan fingerprint density at radius 3 is 2.31 bits per heavy atom. The molecule has 1 amide bonds. The lowest BCUT2D eigenvalue weighted by molar-refractivity contribution is -0.384. The van der Waals surface area contributed by atoms with E-state index in [0.717, 1.165) is 0 Å². The van der Waals surface area contributed by atoms with Gasteiger partial charge in [-0.05, 0) is 60.0 Å². The zero-order valence-electron chi connectivity index (χ0n) is 19.6. The van der Waals surface area contributed by atoms with Gasteiger partial charge < -0.3 is 14.9 Å². The molecule has 1 saturated heterocycles. The van der Waals surface area contributed by atoms with Crippen LogP contribution in [0.15, 0.2) is 78.4 Å². The van der Waals surface area contributed by atoms with Crippen molar-refractivity contribution in [2.24, 2.45) is 5.92 Å². The number of carbonyl (C=O) groups excluding carboxylic acids is 2. The first-order chi connectivity index (χ1) is 17.2. The summed E-state index contributed by atoms with van der Waals surface area (Å²) < 4.78 is 5.70. The number of ether oxygens (including phenoxy) is 1. The van der Waals surface area contributed by atoms with Gasteiger partial charge in [-0.15, -0.1) is 0 Å². The third kappa shape index (κ3) is 4.76. The summed E-state index contributed by atoms with van der Waals surface area (Å²) in [5.74, 6) is -1.40. The summed E-state index contributed by atoms with van der Waals surface area (Å²) >= 11 is 0. The molecule has 0 bridgehead atoms. The Labute approximate surface area is 207 Å². The highest BCUT2D eigenvalue weighted by Crippen LogP contribution is 2.43. The van der Waals surface area contributed by atoms with E-state index in [2.05, 4.69) is 0 Å². The number of aliphatic hydroxyl groups excluding tert-OH is 1. The van der Waals surface area contributed by atoms with E-state index >= 15 is 0 Å². The molecule has 9 nitrogen and oxygen atoms in total. The summed E-state index contributed by atoms with van der Waals surface area (Å²) in [6.07, 6.45) is 0. The van der Waals surface area contributed by atoms with Crippen molar-refractivity contribution in [3.05, 3.63) is 99.6 Å². The molecule has 0 saturated carbocycles. The summed E-state index contributed by atoms with van der Waals surface area (Å²) in [6.45, 7) is 4.56. The molecular formula is C27H24N2O7. The average Bonchev–Trinajstić information content (AvgIpc) is 3.13. The van der Waals surface area contributed by atoms with Gasteiger partial charge in [0.15, 0.2) is 0 Å². The number of nitro groups is 1. The number of hydrogen-bond donors (Lipinski definition) is 2. The number of phenols is 1. The minimum absolute atomic E-state index is 0.0779. The summed E-state index contributed by atoms with van der Waals surface area (Å²) in [5, 5.41) is 32.2. The number of hydrogen-bond acceptors (Lipinski definition) is 7. The van der Waals surface area contributed by atoms with Crippen LogP contribution in [-0.4, -0.2) is 33.4 Å². The monoisotopic (exact) mass is 488 g/mol. The maximum Gasteiger partial charge on any atom is 0.300 e. The van der Waals surface area contributed by atoms with E-state index in [1.165, 1.54) is 41.3 Å². The van der Waals surface area contributed by atoms with Crippen LogP contribution in [-0.2, 0) is 9.59 Å². The highest BCUT2D eigenvalue weighted by atomic mass is 16.6. The third-order valence-corrected chi connectivity index (χ3v) is 5.68. The minimum atomic E-state index is -1.05. The van der Waals surface area contributed by atoms with Gasteiger partial charge in [-0.1, -0.05) is 26.0 Å². The van der Waals surface area contributed by atoms with Crippen molar-refractivity contribution in [3.63, 3.8) is 0 Å². The van der Waals surface area contributed by atoms with Crippen molar-refractivity contribution in [2.75, 3.05) is 11.5 Å². The standard InChI is InChI=1S/C27H24N2O7/c1-16(2)15-36-22-12-10-19(11-13-22)28-24(18-4-3-5-21(30)14-18)23(26(32)27(28)33)25(31)17-6-8-20(9-7-17)29(34)35/h3-14,16,24,30-31H,15H2,1-2H3/b25-23-. The van der Waals surface area contributed by atoms with Crippen LogP contribution in [0.1, 0.15) is 31.0 Å². The van der Waals surface area contributed by atoms with Gasteiger partial charge in [-0.2, -0.15) is 0 Å². The number of amides is 1. The van der Waals surface area contributed by atoms with E-state index in [1.54, 1.807) is 36.4 Å². The number of anilines is 1. The number of aliphatic hydroxyl groups is 1. The quantitative estimate of drug-likeness (QED) is 0.158. The van der Waals surface area contributed by atoms with Crippen LogP contribution >= 0.6 is 0 Å². The van der Waals surface area contributed by atoms with Gasteiger partial charge in [0.2, 0.25) is 0 Å². The Morgan fingerprint density at radius 1 is 1.06 bits per heavy atom. The molecule has 3 aromatic rings. The lowest BCUT2D eigenvalue weighted by Crippen LogP contribution is -2.29. The van der Waals surface area contributed by atoms with Crippen LogP contribution in [0.5, 0.6) is 11.5 Å². The fourth-order valence-corrected chi connectivity index (χ4v) is 3.97. The van der Waals surface area contributed by atoms with Crippen LogP contribution < -0.4 is 9.64 Å². The lowest BCUT2D eigenvalue weighted by Gasteiger charge is -2.25. The number of Topliss-reactive ketones (excluding diaryl/α,β-unsaturated/α-hetero) is 1. The van der Waals surface area contributed by atoms with E-state index in [1.807, 2.05) is 13.8 Å². The smallest absolute Gasteiger partial charge is 0.300 e. The first kappa shape index (κ1) is 24.5. The number of nitro benzene ring substituents is 1. The van der Waals surface area contributed by atoms with Gasteiger partial charge in [-0.3, -0.25) is 24.6 Å². The molecule has 2 N–H and O–H groups in total. The fourth-order valence-electron chi connectivity index (χ4n) is 3.97. The minimum Gasteiger partial charge on any atom is -0.508 e. The van der Waals surface area contributed by atoms with Crippen molar-refractivity contribution >= 4 is 28.8 Å².